The zero-order valence-electron chi connectivity index (χ0n) is 9.05. The van der Waals surface area contributed by atoms with E-state index in [0.717, 1.165) is 10.5 Å². The lowest BCUT2D eigenvalue weighted by molar-refractivity contribution is -0.140. The van der Waals surface area contributed by atoms with Gasteiger partial charge in [0.15, 0.2) is 0 Å². The summed E-state index contributed by atoms with van der Waals surface area (Å²) >= 11 is 0. The molecule has 0 bridgehead atoms. The lowest BCUT2D eigenvalue weighted by Crippen LogP contribution is -2.34. The topological polar surface area (TPSA) is 46.6 Å². The maximum absolute atomic E-state index is 11.7. The summed E-state index contributed by atoms with van der Waals surface area (Å²) < 4.78 is 5.30. The Morgan fingerprint density at radius 3 is 2.69 bits per heavy atom. The zero-order valence-corrected chi connectivity index (χ0v) is 9.05. The van der Waals surface area contributed by atoms with E-state index in [-0.39, 0.29) is 18.5 Å². The molecular formula is C12H13NO3. The molecule has 1 aromatic carbocycles. The van der Waals surface area contributed by atoms with Crippen molar-refractivity contribution in [3.05, 3.63) is 35.9 Å². The van der Waals surface area contributed by atoms with Crippen LogP contribution in [0.25, 0.3) is 0 Å². The summed E-state index contributed by atoms with van der Waals surface area (Å²) in [6.07, 6.45) is -0.00463. The number of carbonyl (C=O) groups is 2. The van der Waals surface area contributed by atoms with Crippen molar-refractivity contribution in [1.82, 2.24) is 4.90 Å². The molecule has 1 saturated heterocycles. The van der Waals surface area contributed by atoms with E-state index in [9.17, 15) is 9.59 Å². The van der Waals surface area contributed by atoms with Crippen LogP contribution in [0, 0.1) is 0 Å². The first-order valence-electron chi connectivity index (χ1n) is 5.16. The molecule has 4 heteroatoms. The molecule has 0 N–H and O–H groups in total. The van der Waals surface area contributed by atoms with Gasteiger partial charge < -0.3 is 4.74 Å². The second-order valence-electron chi connectivity index (χ2n) is 3.76. The molecule has 1 aromatic rings. The van der Waals surface area contributed by atoms with Gasteiger partial charge in [-0.2, -0.15) is 0 Å². The maximum Gasteiger partial charge on any atom is 0.260 e. The second-order valence-corrected chi connectivity index (χ2v) is 3.76. The standard InChI is InChI=1S/C12H13NO3/c1-9(14)13-8-16-11(12(13)15)7-10-5-3-2-4-6-10/h2-6,11H,7-8H2,1H3. The van der Waals surface area contributed by atoms with Crippen LogP contribution < -0.4 is 0 Å². The Bertz CT molecular complexity index is 402. The smallest absolute Gasteiger partial charge is 0.260 e. The summed E-state index contributed by atoms with van der Waals surface area (Å²) in [7, 11) is 0. The van der Waals surface area contributed by atoms with E-state index in [1.165, 1.54) is 6.92 Å². The predicted octanol–water partition coefficient (Wildman–Crippen LogP) is 0.960. The molecule has 16 heavy (non-hydrogen) atoms. The average Bonchev–Trinajstić information content (AvgIpc) is 2.62. The number of amides is 2. The molecule has 2 rings (SSSR count). The molecule has 0 aliphatic carbocycles. The van der Waals surface area contributed by atoms with Crippen LogP contribution in [-0.4, -0.2) is 29.5 Å². The highest BCUT2D eigenvalue weighted by atomic mass is 16.5. The predicted molar refractivity (Wildman–Crippen MR) is 57.4 cm³/mol. The largest absolute Gasteiger partial charge is 0.347 e. The normalized spacial score (nSPS) is 20.2. The van der Waals surface area contributed by atoms with Crippen molar-refractivity contribution in [2.45, 2.75) is 19.4 Å². The minimum atomic E-state index is -0.522. The Hall–Kier alpha value is -1.68. The Morgan fingerprint density at radius 1 is 1.44 bits per heavy atom. The van der Waals surface area contributed by atoms with Gasteiger partial charge in [-0.15, -0.1) is 0 Å². The van der Waals surface area contributed by atoms with Crippen molar-refractivity contribution < 1.29 is 14.3 Å². The summed E-state index contributed by atoms with van der Waals surface area (Å²) in [5, 5.41) is 0. The maximum atomic E-state index is 11.7. The van der Waals surface area contributed by atoms with E-state index in [2.05, 4.69) is 0 Å². The van der Waals surface area contributed by atoms with Gasteiger partial charge in [-0.05, 0) is 5.56 Å². The van der Waals surface area contributed by atoms with Crippen LogP contribution in [0.2, 0.25) is 0 Å². The van der Waals surface area contributed by atoms with Crippen LogP contribution in [-0.2, 0) is 20.7 Å². The van der Waals surface area contributed by atoms with E-state index >= 15 is 0 Å². The monoisotopic (exact) mass is 219 g/mol. The van der Waals surface area contributed by atoms with Crippen molar-refractivity contribution in [2.75, 3.05) is 6.73 Å². The van der Waals surface area contributed by atoms with Gasteiger partial charge >= 0.3 is 0 Å². The number of rotatable bonds is 2. The highest BCUT2D eigenvalue weighted by Gasteiger charge is 2.34. The molecule has 4 nitrogen and oxygen atoms in total. The highest BCUT2D eigenvalue weighted by molar-refractivity contribution is 5.97. The molecule has 1 fully saturated rings. The fraction of sp³-hybridized carbons (Fsp3) is 0.333. The van der Waals surface area contributed by atoms with Crippen molar-refractivity contribution in [3.63, 3.8) is 0 Å². The molecule has 0 radical (unpaired) electrons. The van der Waals surface area contributed by atoms with E-state index in [1.54, 1.807) is 0 Å². The number of hydrogen-bond acceptors (Lipinski definition) is 3. The molecule has 1 aliphatic heterocycles. The van der Waals surface area contributed by atoms with Crippen LogP contribution in [0.5, 0.6) is 0 Å². The van der Waals surface area contributed by atoms with Gasteiger partial charge in [0.2, 0.25) is 5.91 Å². The van der Waals surface area contributed by atoms with Crippen LogP contribution >= 0.6 is 0 Å². The van der Waals surface area contributed by atoms with Crippen LogP contribution in [0.4, 0.5) is 0 Å². The summed E-state index contributed by atoms with van der Waals surface area (Å²) in [6.45, 7) is 1.44. The number of ether oxygens (including phenoxy) is 1. The number of nitrogens with zero attached hydrogens (tertiary/aromatic N) is 1. The quantitative estimate of drug-likeness (QED) is 0.744. The van der Waals surface area contributed by atoms with E-state index in [4.69, 9.17) is 4.74 Å². The first kappa shape index (κ1) is 10.8. The molecule has 1 atom stereocenters. The second kappa shape index (κ2) is 4.45. The van der Waals surface area contributed by atoms with E-state index in [0.29, 0.717) is 6.42 Å². The van der Waals surface area contributed by atoms with Crippen LogP contribution in [0.1, 0.15) is 12.5 Å². The zero-order chi connectivity index (χ0) is 11.5. The number of imide groups is 1. The Kier molecular flexibility index (Phi) is 3.01. The first-order valence-corrected chi connectivity index (χ1v) is 5.16. The van der Waals surface area contributed by atoms with Crippen molar-refractivity contribution in [1.29, 1.82) is 0 Å². The summed E-state index contributed by atoms with van der Waals surface area (Å²) in [5.41, 5.74) is 1.03. The van der Waals surface area contributed by atoms with Gasteiger partial charge in [-0.25, -0.2) is 0 Å². The highest BCUT2D eigenvalue weighted by Crippen LogP contribution is 2.15. The SMILES string of the molecule is CC(=O)N1COC(Cc2ccccc2)C1=O. The van der Waals surface area contributed by atoms with Crippen LogP contribution in [0.3, 0.4) is 0 Å². The fourth-order valence-corrected chi connectivity index (χ4v) is 1.69. The molecule has 1 unspecified atom stereocenters. The molecule has 1 heterocycles. The van der Waals surface area contributed by atoms with Crippen molar-refractivity contribution in [2.24, 2.45) is 0 Å². The van der Waals surface area contributed by atoms with Gasteiger partial charge in [-0.3, -0.25) is 14.5 Å². The Morgan fingerprint density at radius 2 is 2.12 bits per heavy atom. The first-order chi connectivity index (χ1) is 7.68. The molecule has 0 aromatic heterocycles. The average molecular weight is 219 g/mol. The number of hydrogen-bond donors (Lipinski definition) is 0. The number of carbonyl (C=O) groups excluding carboxylic acids is 2. The fourth-order valence-electron chi connectivity index (χ4n) is 1.69. The van der Waals surface area contributed by atoms with Gasteiger partial charge in [0, 0.05) is 13.3 Å². The molecule has 0 saturated carbocycles. The van der Waals surface area contributed by atoms with Crippen molar-refractivity contribution in [3.8, 4) is 0 Å². The van der Waals surface area contributed by atoms with Gasteiger partial charge in [0.1, 0.15) is 12.8 Å². The van der Waals surface area contributed by atoms with Crippen molar-refractivity contribution >= 4 is 11.8 Å². The Balaban J connectivity index is 2.03. The molecule has 0 spiro atoms. The molecule has 1 aliphatic rings. The molecule has 2 amide bonds. The Labute approximate surface area is 93.8 Å². The summed E-state index contributed by atoms with van der Waals surface area (Å²) in [6, 6.07) is 9.62. The van der Waals surface area contributed by atoms with Gasteiger partial charge in [0.05, 0.1) is 0 Å². The van der Waals surface area contributed by atoms with E-state index < -0.39 is 6.10 Å². The van der Waals surface area contributed by atoms with E-state index in [1.807, 2.05) is 30.3 Å². The lowest BCUT2D eigenvalue weighted by atomic mass is 10.1. The lowest BCUT2D eigenvalue weighted by Gasteiger charge is -2.09. The number of benzene rings is 1. The minimum Gasteiger partial charge on any atom is -0.347 e. The molecular weight excluding hydrogens is 206 g/mol. The summed E-state index contributed by atoms with van der Waals surface area (Å²) in [5.74, 6) is -0.503. The van der Waals surface area contributed by atoms with Gasteiger partial charge in [0.25, 0.3) is 5.91 Å². The third-order valence-corrected chi connectivity index (χ3v) is 2.59. The minimum absolute atomic E-state index is 0.0751. The summed E-state index contributed by atoms with van der Waals surface area (Å²) in [4.78, 5) is 23.9. The molecule has 84 valence electrons. The third kappa shape index (κ3) is 2.12. The van der Waals surface area contributed by atoms with Crippen LogP contribution in [0.15, 0.2) is 30.3 Å². The van der Waals surface area contributed by atoms with Gasteiger partial charge in [-0.1, -0.05) is 30.3 Å². The third-order valence-electron chi connectivity index (χ3n) is 2.59.